The van der Waals surface area contributed by atoms with Crippen LogP contribution in [0.3, 0.4) is 0 Å². The summed E-state index contributed by atoms with van der Waals surface area (Å²) >= 11 is 7.34. The summed E-state index contributed by atoms with van der Waals surface area (Å²) in [4.78, 5) is 31.9. The molecule has 0 unspecified atom stereocenters. The maximum absolute atomic E-state index is 12.8. The van der Waals surface area contributed by atoms with Gasteiger partial charge < -0.3 is 10.2 Å². The van der Waals surface area contributed by atoms with Gasteiger partial charge in [0, 0.05) is 37.4 Å². The minimum atomic E-state index is -0.102. The Morgan fingerprint density at radius 3 is 2.74 bits per heavy atom. The van der Waals surface area contributed by atoms with Gasteiger partial charge in [0.15, 0.2) is 5.16 Å². The van der Waals surface area contributed by atoms with E-state index >= 15 is 0 Å². The first-order valence-corrected chi connectivity index (χ1v) is 11.7. The first kappa shape index (κ1) is 23.2. The van der Waals surface area contributed by atoms with Gasteiger partial charge in [-0.05, 0) is 43.2 Å². The number of anilines is 1. The number of nitrogens with zero attached hydrogens (tertiary/aromatic N) is 3. The highest BCUT2D eigenvalue weighted by atomic mass is 35.5. The number of fused-ring (bicyclic) bond motifs is 1. The second-order valence-electron chi connectivity index (χ2n) is 7.26. The van der Waals surface area contributed by atoms with Gasteiger partial charge in [0.25, 0.3) is 5.56 Å². The number of benzene rings is 2. The van der Waals surface area contributed by atoms with Crippen molar-refractivity contribution in [3.63, 3.8) is 0 Å². The Labute approximate surface area is 191 Å². The van der Waals surface area contributed by atoms with Crippen LogP contribution in [0.15, 0.2) is 58.5 Å². The van der Waals surface area contributed by atoms with Gasteiger partial charge in [-0.1, -0.05) is 48.5 Å². The quantitative estimate of drug-likeness (QED) is 0.280. The molecule has 8 heteroatoms. The lowest BCUT2D eigenvalue weighted by atomic mass is 10.2. The number of amides is 1. The molecule has 6 nitrogen and oxygen atoms in total. The van der Waals surface area contributed by atoms with E-state index in [-0.39, 0.29) is 17.2 Å². The van der Waals surface area contributed by atoms with Crippen molar-refractivity contribution in [3.8, 4) is 0 Å². The highest BCUT2D eigenvalue weighted by Gasteiger charge is 2.13. The number of aromatic nitrogens is 2. The van der Waals surface area contributed by atoms with Gasteiger partial charge in [-0.15, -0.1) is 0 Å². The molecule has 0 saturated heterocycles. The third-order valence-corrected chi connectivity index (χ3v) is 6.06. The predicted octanol–water partition coefficient (Wildman–Crippen LogP) is 4.19. The molecule has 1 N–H and O–H groups in total. The smallest absolute Gasteiger partial charge is 0.262 e. The molecule has 0 saturated carbocycles. The summed E-state index contributed by atoms with van der Waals surface area (Å²) in [6.45, 7) is 4.01. The number of carbonyl (C=O) groups excluding carboxylic acids is 1. The molecule has 0 aliphatic heterocycles. The van der Waals surface area contributed by atoms with Crippen molar-refractivity contribution in [2.24, 2.45) is 0 Å². The van der Waals surface area contributed by atoms with E-state index in [9.17, 15) is 9.59 Å². The molecule has 0 fully saturated rings. The lowest BCUT2D eigenvalue weighted by Crippen LogP contribution is -2.30. The predicted molar refractivity (Wildman–Crippen MR) is 129 cm³/mol. The maximum Gasteiger partial charge on any atom is 0.262 e. The van der Waals surface area contributed by atoms with Crippen LogP contribution in [0.1, 0.15) is 19.8 Å². The van der Waals surface area contributed by atoms with Crippen LogP contribution >= 0.6 is 23.4 Å². The molecule has 1 aromatic heterocycles. The minimum Gasteiger partial charge on any atom is -0.375 e. The molecule has 1 amide bonds. The van der Waals surface area contributed by atoms with Crippen molar-refractivity contribution < 1.29 is 4.79 Å². The van der Waals surface area contributed by atoms with Crippen molar-refractivity contribution in [2.45, 2.75) is 31.5 Å². The van der Waals surface area contributed by atoms with E-state index in [0.717, 1.165) is 25.1 Å². The first-order chi connectivity index (χ1) is 15.0. The van der Waals surface area contributed by atoms with E-state index in [0.29, 0.717) is 34.2 Å². The minimum absolute atomic E-state index is 0.0733. The summed E-state index contributed by atoms with van der Waals surface area (Å²) < 4.78 is 1.64. The van der Waals surface area contributed by atoms with Gasteiger partial charge >= 0.3 is 0 Å². The SMILES string of the molecule is CCCn1c(SCC(=O)NCCCN(C)c2ccccc2)nc2cc(Cl)ccc2c1=O. The van der Waals surface area contributed by atoms with Crippen molar-refractivity contribution in [1.82, 2.24) is 14.9 Å². The fourth-order valence-corrected chi connectivity index (χ4v) is 4.26. The molecule has 3 aromatic rings. The Kier molecular flexibility index (Phi) is 8.37. The summed E-state index contributed by atoms with van der Waals surface area (Å²) in [6, 6.07) is 15.2. The maximum atomic E-state index is 12.8. The number of hydrogen-bond acceptors (Lipinski definition) is 5. The third kappa shape index (κ3) is 6.24. The zero-order valence-electron chi connectivity index (χ0n) is 17.8. The average molecular weight is 459 g/mol. The summed E-state index contributed by atoms with van der Waals surface area (Å²) in [5, 5.41) is 4.56. The van der Waals surface area contributed by atoms with Crippen LogP contribution in [0.4, 0.5) is 5.69 Å². The van der Waals surface area contributed by atoms with E-state index < -0.39 is 0 Å². The third-order valence-electron chi connectivity index (χ3n) is 4.85. The van der Waals surface area contributed by atoms with Crippen LogP contribution < -0.4 is 15.8 Å². The second-order valence-corrected chi connectivity index (χ2v) is 8.64. The van der Waals surface area contributed by atoms with Crippen molar-refractivity contribution >= 4 is 45.9 Å². The Balaban J connectivity index is 1.55. The summed E-state index contributed by atoms with van der Waals surface area (Å²) in [5.41, 5.74) is 1.60. The molecule has 0 radical (unpaired) electrons. The van der Waals surface area contributed by atoms with Crippen LogP contribution in [0, 0.1) is 0 Å². The molecule has 1 heterocycles. The molecular formula is C23H27ClN4O2S. The standard InChI is InChI=1S/C23H27ClN4O2S/c1-3-13-28-22(30)19-11-10-17(24)15-20(19)26-23(28)31-16-21(29)25-12-7-14-27(2)18-8-5-4-6-9-18/h4-6,8-11,15H,3,7,12-14,16H2,1-2H3,(H,25,29). The zero-order valence-corrected chi connectivity index (χ0v) is 19.4. The topological polar surface area (TPSA) is 67.2 Å². The molecule has 2 aromatic carbocycles. The fraction of sp³-hybridized carbons (Fsp3) is 0.348. The van der Waals surface area contributed by atoms with Crippen molar-refractivity contribution in [3.05, 3.63) is 63.9 Å². The lowest BCUT2D eigenvalue weighted by molar-refractivity contribution is -0.118. The average Bonchev–Trinajstić information content (AvgIpc) is 2.77. The van der Waals surface area contributed by atoms with Crippen LogP contribution in [-0.2, 0) is 11.3 Å². The second kappa shape index (κ2) is 11.2. The van der Waals surface area contributed by atoms with E-state index in [4.69, 9.17) is 11.6 Å². The molecule has 0 aliphatic carbocycles. The monoisotopic (exact) mass is 458 g/mol. The molecule has 31 heavy (non-hydrogen) atoms. The number of thioether (sulfide) groups is 1. The number of rotatable bonds is 10. The van der Waals surface area contributed by atoms with Crippen LogP contribution in [0.25, 0.3) is 10.9 Å². The van der Waals surface area contributed by atoms with Crippen molar-refractivity contribution in [1.29, 1.82) is 0 Å². The van der Waals surface area contributed by atoms with Crippen molar-refractivity contribution in [2.75, 3.05) is 30.8 Å². The highest BCUT2D eigenvalue weighted by molar-refractivity contribution is 7.99. The van der Waals surface area contributed by atoms with Gasteiger partial charge in [-0.2, -0.15) is 0 Å². The Hall–Kier alpha value is -2.51. The van der Waals surface area contributed by atoms with Crippen LogP contribution in [0.2, 0.25) is 5.02 Å². The van der Waals surface area contributed by atoms with Crippen LogP contribution in [0.5, 0.6) is 0 Å². The van der Waals surface area contributed by atoms with E-state index in [2.05, 4.69) is 27.3 Å². The van der Waals surface area contributed by atoms with Gasteiger partial charge in [0.2, 0.25) is 5.91 Å². The van der Waals surface area contributed by atoms with Gasteiger partial charge in [0.05, 0.1) is 16.7 Å². The summed E-state index contributed by atoms with van der Waals surface area (Å²) in [6.07, 6.45) is 1.64. The molecule has 0 spiro atoms. The fourth-order valence-electron chi connectivity index (χ4n) is 3.24. The molecular weight excluding hydrogens is 432 g/mol. The number of halogens is 1. The molecule has 164 valence electrons. The van der Waals surface area contributed by atoms with E-state index in [1.807, 2.05) is 32.2 Å². The molecule has 3 rings (SSSR count). The molecule has 0 bridgehead atoms. The molecule has 0 atom stereocenters. The van der Waals surface area contributed by atoms with E-state index in [1.54, 1.807) is 22.8 Å². The number of nitrogens with one attached hydrogen (secondary N) is 1. The Bertz CT molecular complexity index is 1090. The Morgan fingerprint density at radius 1 is 1.23 bits per heavy atom. The normalized spacial score (nSPS) is 10.9. The molecule has 0 aliphatic rings. The summed E-state index contributed by atoms with van der Waals surface area (Å²) in [7, 11) is 2.04. The van der Waals surface area contributed by atoms with E-state index in [1.165, 1.54) is 11.8 Å². The van der Waals surface area contributed by atoms with Gasteiger partial charge in [0.1, 0.15) is 0 Å². The van der Waals surface area contributed by atoms with Gasteiger partial charge in [-0.3, -0.25) is 14.2 Å². The first-order valence-electron chi connectivity index (χ1n) is 10.4. The lowest BCUT2D eigenvalue weighted by Gasteiger charge is -2.19. The zero-order chi connectivity index (χ0) is 22.2. The Morgan fingerprint density at radius 2 is 2.00 bits per heavy atom. The number of para-hydroxylation sites is 1. The highest BCUT2D eigenvalue weighted by Crippen LogP contribution is 2.20. The number of carbonyl (C=O) groups is 1. The summed E-state index contributed by atoms with van der Waals surface area (Å²) in [5.74, 6) is 0.132. The van der Waals surface area contributed by atoms with Gasteiger partial charge in [-0.25, -0.2) is 4.98 Å². The number of hydrogen-bond donors (Lipinski definition) is 1. The van der Waals surface area contributed by atoms with Crippen LogP contribution in [-0.4, -0.2) is 41.3 Å². The largest absolute Gasteiger partial charge is 0.375 e.